The van der Waals surface area contributed by atoms with Crippen LogP contribution >= 0.6 is 15.9 Å². The highest BCUT2D eigenvalue weighted by atomic mass is 79.9. The van der Waals surface area contributed by atoms with Crippen LogP contribution in [0.15, 0.2) is 77.3 Å². The van der Waals surface area contributed by atoms with Crippen LogP contribution in [0, 0.1) is 5.92 Å². The van der Waals surface area contributed by atoms with E-state index in [0.29, 0.717) is 23.8 Å². The Bertz CT molecular complexity index is 1230. The number of methoxy groups -OCH3 is 1. The smallest absolute Gasteiger partial charge is 0.266 e. The number of amides is 2. The summed E-state index contributed by atoms with van der Waals surface area (Å²) in [5.41, 5.74) is 2.10. The average Bonchev–Trinajstić information content (AvgIpc) is 3.39. The third-order valence-electron chi connectivity index (χ3n) is 6.21. The first-order valence-electron chi connectivity index (χ1n) is 11.5. The molecule has 0 N–H and O–H groups in total. The second-order valence-corrected chi connectivity index (χ2v) is 9.26. The van der Waals surface area contributed by atoms with Gasteiger partial charge >= 0.3 is 0 Å². The fourth-order valence-electron chi connectivity index (χ4n) is 4.58. The zero-order valence-electron chi connectivity index (χ0n) is 19.4. The van der Waals surface area contributed by atoms with E-state index in [1.165, 1.54) is 4.90 Å². The topological polar surface area (TPSA) is 68.3 Å². The summed E-state index contributed by atoms with van der Waals surface area (Å²) in [6, 6.07) is 21.6. The minimum atomic E-state index is -0.926. The standard InChI is InChI=1S/C27H25BrN2O5/c1-3-15-34-20-12-10-18(11-13-20)29-26(31)23-24(17-9-14-22(33-2)21(28)16-17)30(35-25(23)27(29)32)19-7-5-4-6-8-19/h4-14,16,23-25H,3,15H2,1-2H3. The molecule has 3 unspecified atom stereocenters. The number of hydrogen-bond acceptors (Lipinski definition) is 6. The minimum absolute atomic E-state index is 0.294. The number of carbonyl (C=O) groups excluding carboxylic acids is 2. The molecule has 2 fully saturated rings. The van der Waals surface area contributed by atoms with Gasteiger partial charge in [-0.2, -0.15) is 0 Å². The summed E-state index contributed by atoms with van der Waals surface area (Å²) in [7, 11) is 1.60. The maximum Gasteiger partial charge on any atom is 0.266 e. The van der Waals surface area contributed by atoms with Crippen LogP contribution in [-0.4, -0.2) is 31.6 Å². The first kappa shape index (κ1) is 23.4. The van der Waals surface area contributed by atoms with Crippen molar-refractivity contribution in [2.45, 2.75) is 25.5 Å². The molecule has 35 heavy (non-hydrogen) atoms. The number of carbonyl (C=O) groups is 2. The lowest BCUT2D eigenvalue weighted by molar-refractivity contribution is -0.126. The molecule has 0 aromatic heterocycles. The largest absolute Gasteiger partial charge is 0.496 e. The summed E-state index contributed by atoms with van der Waals surface area (Å²) >= 11 is 3.54. The molecule has 3 aromatic rings. The number of hydroxylamine groups is 1. The number of nitrogens with zero attached hydrogens (tertiary/aromatic N) is 2. The van der Waals surface area contributed by atoms with Gasteiger partial charge in [-0.15, -0.1) is 0 Å². The van der Waals surface area contributed by atoms with Crippen molar-refractivity contribution in [2.75, 3.05) is 23.7 Å². The Labute approximate surface area is 212 Å². The number of benzene rings is 3. The molecule has 3 atom stereocenters. The van der Waals surface area contributed by atoms with E-state index in [2.05, 4.69) is 15.9 Å². The van der Waals surface area contributed by atoms with E-state index in [9.17, 15) is 9.59 Å². The Morgan fingerprint density at radius 3 is 2.34 bits per heavy atom. The molecule has 2 heterocycles. The Morgan fingerprint density at radius 2 is 1.69 bits per heavy atom. The van der Waals surface area contributed by atoms with Gasteiger partial charge in [-0.05, 0) is 76.4 Å². The Kier molecular flexibility index (Phi) is 6.49. The number of ether oxygens (including phenoxy) is 2. The third-order valence-corrected chi connectivity index (χ3v) is 6.83. The van der Waals surface area contributed by atoms with Gasteiger partial charge in [0.2, 0.25) is 5.91 Å². The molecule has 8 heteroatoms. The molecule has 180 valence electrons. The number of halogens is 1. The van der Waals surface area contributed by atoms with Gasteiger partial charge in [-0.1, -0.05) is 31.2 Å². The lowest BCUT2D eigenvalue weighted by atomic mass is 9.90. The van der Waals surface area contributed by atoms with Gasteiger partial charge in [0.15, 0.2) is 6.10 Å². The SMILES string of the molecule is CCCOc1ccc(N2C(=O)C3ON(c4ccccc4)C(c4ccc(OC)c(Br)c4)C3C2=O)cc1. The van der Waals surface area contributed by atoms with Crippen LogP contribution in [0.3, 0.4) is 0 Å². The van der Waals surface area contributed by atoms with E-state index < -0.39 is 18.1 Å². The van der Waals surface area contributed by atoms with Crippen molar-refractivity contribution >= 4 is 39.1 Å². The molecule has 2 aliphatic heterocycles. The molecule has 5 rings (SSSR count). The van der Waals surface area contributed by atoms with Crippen LogP contribution in [0.4, 0.5) is 11.4 Å². The number of para-hydroxylation sites is 1. The molecule has 0 saturated carbocycles. The van der Waals surface area contributed by atoms with Gasteiger partial charge in [-0.3, -0.25) is 14.4 Å². The van der Waals surface area contributed by atoms with E-state index in [1.807, 2.05) is 55.5 Å². The minimum Gasteiger partial charge on any atom is -0.496 e. The molecule has 2 saturated heterocycles. The van der Waals surface area contributed by atoms with Crippen molar-refractivity contribution in [3.63, 3.8) is 0 Å². The quantitative estimate of drug-likeness (QED) is 0.382. The van der Waals surface area contributed by atoms with Crippen molar-refractivity contribution in [1.29, 1.82) is 0 Å². The zero-order valence-corrected chi connectivity index (χ0v) is 21.0. The Hall–Kier alpha value is -3.36. The van der Waals surface area contributed by atoms with Crippen LogP contribution < -0.4 is 19.4 Å². The van der Waals surface area contributed by atoms with Gasteiger partial charge in [0.05, 0.1) is 35.6 Å². The summed E-state index contributed by atoms with van der Waals surface area (Å²) in [6.45, 7) is 2.64. The monoisotopic (exact) mass is 536 g/mol. The molecular weight excluding hydrogens is 512 g/mol. The predicted octanol–water partition coefficient (Wildman–Crippen LogP) is 5.30. The normalized spacial score (nSPS) is 21.4. The van der Waals surface area contributed by atoms with Crippen LogP contribution in [0.2, 0.25) is 0 Å². The fourth-order valence-corrected chi connectivity index (χ4v) is 5.14. The predicted molar refractivity (Wildman–Crippen MR) is 135 cm³/mol. The molecule has 2 amide bonds. The lowest BCUT2D eigenvalue weighted by Crippen LogP contribution is -2.37. The van der Waals surface area contributed by atoms with Gasteiger partial charge in [0, 0.05) is 0 Å². The fraction of sp³-hybridized carbons (Fsp3) is 0.259. The molecule has 0 bridgehead atoms. The van der Waals surface area contributed by atoms with E-state index >= 15 is 0 Å². The van der Waals surface area contributed by atoms with Crippen molar-refractivity contribution in [1.82, 2.24) is 0 Å². The first-order valence-corrected chi connectivity index (χ1v) is 12.3. The molecule has 0 spiro atoms. The highest BCUT2D eigenvalue weighted by Gasteiger charge is 2.60. The average molecular weight is 537 g/mol. The van der Waals surface area contributed by atoms with E-state index in [1.54, 1.807) is 36.4 Å². The van der Waals surface area contributed by atoms with E-state index in [-0.39, 0.29) is 11.8 Å². The van der Waals surface area contributed by atoms with Crippen LogP contribution in [0.1, 0.15) is 24.9 Å². The van der Waals surface area contributed by atoms with Gasteiger partial charge in [-0.25, -0.2) is 9.96 Å². The Morgan fingerprint density at radius 1 is 0.943 bits per heavy atom. The van der Waals surface area contributed by atoms with Crippen molar-refractivity contribution < 1.29 is 23.9 Å². The molecule has 3 aromatic carbocycles. The number of rotatable bonds is 7. The van der Waals surface area contributed by atoms with Gasteiger partial charge in [0.25, 0.3) is 5.91 Å². The van der Waals surface area contributed by atoms with Crippen molar-refractivity contribution in [2.24, 2.45) is 5.92 Å². The highest BCUT2D eigenvalue weighted by Crippen LogP contribution is 2.48. The van der Waals surface area contributed by atoms with Crippen LogP contribution in [0.25, 0.3) is 0 Å². The summed E-state index contributed by atoms with van der Waals surface area (Å²) in [5.74, 6) is -0.00601. The van der Waals surface area contributed by atoms with E-state index in [0.717, 1.165) is 22.1 Å². The summed E-state index contributed by atoms with van der Waals surface area (Å²) in [6.07, 6.45) is -0.0311. The zero-order chi connectivity index (χ0) is 24.5. The maximum atomic E-state index is 13.8. The first-order chi connectivity index (χ1) is 17.0. The van der Waals surface area contributed by atoms with Gasteiger partial charge < -0.3 is 9.47 Å². The van der Waals surface area contributed by atoms with Crippen molar-refractivity contribution in [3.8, 4) is 11.5 Å². The van der Waals surface area contributed by atoms with Gasteiger partial charge in [0.1, 0.15) is 17.4 Å². The summed E-state index contributed by atoms with van der Waals surface area (Å²) < 4.78 is 11.8. The Balaban J connectivity index is 1.51. The summed E-state index contributed by atoms with van der Waals surface area (Å²) in [4.78, 5) is 34.6. The van der Waals surface area contributed by atoms with Crippen LogP contribution in [-0.2, 0) is 14.4 Å². The second kappa shape index (κ2) is 9.71. The number of anilines is 2. The number of hydrogen-bond donors (Lipinski definition) is 0. The molecular formula is C27H25BrN2O5. The van der Waals surface area contributed by atoms with E-state index in [4.69, 9.17) is 14.3 Å². The van der Waals surface area contributed by atoms with Crippen molar-refractivity contribution in [3.05, 3.63) is 82.8 Å². The molecule has 0 radical (unpaired) electrons. The highest BCUT2D eigenvalue weighted by molar-refractivity contribution is 9.10. The third kappa shape index (κ3) is 4.17. The maximum absolute atomic E-state index is 13.8. The number of fused-ring (bicyclic) bond motifs is 1. The summed E-state index contributed by atoms with van der Waals surface area (Å²) in [5, 5.41) is 1.68. The molecule has 0 aliphatic carbocycles. The lowest BCUT2D eigenvalue weighted by Gasteiger charge is -2.29. The molecule has 7 nitrogen and oxygen atoms in total. The van der Waals surface area contributed by atoms with Crippen LogP contribution in [0.5, 0.6) is 11.5 Å². The number of imide groups is 1. The molecule has 2 aliphatic rings. The second-order valence-electron chi connectivity index (χ2n) is 8.41.